The van der Waals surface area contributed by atoms with Gasteiger partial charge in [0.2, 0.25) is 0 Å². The molecule has 1 aromatic heterocycles. The number of hydrogen-bond acceptors (Lipinski definition) is 5. The molecule has 0 bridgehead atoms. The predicted octanol–water partition coefficient (Wildman–Crippen LogP) is 5.20. The lowest BCUT2D eigenvalue weighted by molar-refractivity contribution is 0.0959. The Balaban J connectivity index is 1.48. The number of rotatable bonds is 4. The first-order valence-corrected chi connectivity index (χ1v) is 10.8. The number of carbonyl (C=O) groups is 1. The topological polar surface area (TPSA) is 53.9 Å². The molecule has 0 saturated carbocycles. The Morgan fingerprint density at radius 2 is 1.86 bits per heavy atom. The number of benzene rings is 2. The molecule has 1 fully saturated rings. The van der Waals surface area contributed by atoms with Gasteiger partial charge in [0, 0.05) is 28.9 Å². The summed E-state index contributed by atoms with van der Waals surface area (Å²) in [5.41, 5.74) is 5.40. The lowest BCUT2D eigenvalue weighted by atomic mass is 10.1. The van der Waals surface area contributed by atoms with Crippen LogP contribution in [0.3, 0.4) is 0 Å². The van der Waals surface area contributed by atoms with Crippen molar-refractivity contribution in [1.82, 2.24) is 5.43 Å². The van der Waals surface area contributed by atoms with E-state index in [-0.39, 0.29) is 5.91 Å². The number of morpholine rings is 1. The SMILES string of the molecule is C/C(=N\NC(=O)c1sc2cccc(Cl)c2c1Cl)c1ccc(N2CCOCC2)cc1. The number of ether oxygens (including phenoxy) is 1. The van der Waals surface area contributed by atoms with Gasteiger partial charge < -0.3 is 9.64 Å². The van der Waals surface area contributed by atoms with Crippen LogP contribution in [0.5, 0.6) is 0 Å². The molecule has 150 valence electrons. The summed E-state index contributed by atoms with van der Waals surface area (Å²) < 4.78 is 6.26. The molecule has 1 saturated heterocycles. The largest absolute Gasteiger partial charge is 0.378 e. The normalized spacial score (nSPS) is 15.0. The zero-order valence-electron chi connectivity index (χ0n) is 15.7. The van der Waals surface area contributed by atoms with Gasteiger partial charge in [0.25, 0.3) is 5.91 Å². The highest BCUT2D eigenvalue weighted by Gasteiger charge is 2.18. The highest BCUT2D eigenvalue weighted by Crippen LogP contribution is 2.39. The maximum Gasteiger partial charge on any atom is 0.283 e. The van der Waals surface area contributed by atoms with Gasteiger partial charge in [-0.3, -0.25) is 4.79 Å². The molecule has 0 spiro atoms. The number of nitrogens with zero attached hydrogens (tertiary/aromatic N) is 2. The minimum atomic E-state index is -0.350. The summed E-state index contributed by atoms with van der Waals surface area (Å²) >= 11 is 13.9. The van der Waals surface area contributed by atoms with Gasteiger partial charge >= 0.3 is 0 Å². The Morgan fingerprint density at radius 1 is 1.14 bits per heavy atom. The standard InChI is InChI=1S/C21H19Cl2N3O2S/c1-13(14-5-7-15(8-6-14)26-9-11-28-12-10-26)24-25-21(27)20-19(23)18-16(22)3-2-4-17(18)29-20/h2-8H,9-12H2,1H3,(H,25,27)/b24-13+. The van der Waals surface area contributed by atoms with Gasteiger partial charge in [0.1, 0.15) is 4.88 Å². The average molecular weight is 448 g/mol. The molecular weight excluding hydrogens is 429 g/mol. The monoisotopic (exact) mass is 447 g/mol. The number of hydrazone groups is 1. The van der Waals surface area contributed by atoms with Gasteiger partial charge in [0.05, 0.1) is 29.0 Å². The summed E-state index contributed by atoms with van der Waals surface area (Å²) in [7, 11) is 0. The second-order valence-corrected chi connectivity index (χ2v) is 8.48. The second kappa shape index (κ2) is 8.71. The maximum atomic E-state index is 12.6. The summed E-state index contributed by atoms with van der Waals surface area (Å²) in [5, 5.41) is 5.83. The van der Waals surface area contributed by atoms with Crippen LogP contribution in [0.15, 0.2) is 47.6 Å². The Hall–Kier alpha value is -2.12. The number of carbonyl (C=O) groups excluding carboxylic acids is 1. The Morgan fingerprint density at radius 3 is 2.55 bits per heavy atom. The molecule has 0 radical (unpaired) electrons. The molecule has 5 nitrogen and oxygen atoms in total. The van der Waals surface area contributed by atoms with Crippen LogP contribution < -0.4 is 10.3 Å². The number of amides is 1. The first kappa shape index (κ1) is 20.2. The Bertz CT molecular complexity index is 1070. The number of thiophene rings is 1. The van der Waals surface area contributed by atoms with Crippen molar-refractivity contribution in [1.29, 1.82) is 0 Å². The van der Waals surface area contributed by atoms with Crippen molar-refractivity contribution in [3.63, 3.8) is 0 Å². The molecule has 2 heterocycles. The van der Waals surface area contributed by atoms with E-state index in [9.17, 15) is 4.79 Å². The summed E-state index contributed by atoms with van der Waals surface area (Å²) in [6.07, 6.45) is 0. The molecule has 3 aromatic rings. The third kappa shape index (κ3) is 4.26. The quantitative estimate of drug-likeness (QED) is 0.441. The van der Waals surface area contributed by atoms with E-state index in [0.29, 0.717) is 26.0 Å². The molecule has 1 aliphatic rings. The lowest BCUT2D eigenvalue weighted by Gasteiger charge is -2.28. The van der Waals surface area contributed by atoms with Crippen LogP contribution in [0.4, 0.5) is 5.69 Å². The minimum Gasteiger partial charge on any atom is -0.378 e. The van der Waals surface area contributed by atoms with Crippen LogP contribution in [0.25, 0.3) is 10.1 Å². The van der Waals surface area contributed by atoms with Gasteiger partial charge in [-0.1, -0.05) is 41.4 Å². The Kier molecular flexibility index (Phi) is 6.06. The zero-order chi connectivity index (χ0) is 20.4. The average Bonchev–Trinajstić information content (AvgIpc) is 3.10. The number of halogens is 2. The molecule has 4 rings (SSSR count). The van der Waals surface area contributed by atoms with Crippen molar-refractivity contribution >= 4 is 61.9 Å². The Labute approximate surface area is 182 Å². The molecular formula is C21H19Cl2N3O2S. The molecule has 8 heteroatoms. The van der Waals surface area contributed by atoms with Crippen LogP contribution in [0.2, 0.25) is 10.0 Å². The van der Waals surface area contributed by atoms with Crippen molar-refractivity contribution in [3.8, 4) is 0 Å². The second-order valence-electron chi connectivity index (χ2n) is 6.64. The fourth-order valence-corrected chi connectivity index (χ4v) is 5.05. The van der Waals surface area contributed by atoms with E-state index in [1.54, 1.807) is 6.07 Å². The summed E-state index contributed by atoms with van der Waals surface area (Å²) in [6, 6.07) is 13.6. The molecule has 1 aliphatic heterocycles. The smallest absolute Gasteiger partial charge is 0.283 e. The van der Waals surface area contributed by atoms with Gasteiger partial charge in [-0.05, 0) is 36.8 Å². The number of nitrogens with one attached hydrogen (secondary N) is 1. The molecule has 1 amide bonds. The van der Waals surface area contributed by atoms with Crippen molar-refractivity contribution in [2.45, 2.75) is 6.92 Å². The van der Waals surface area contributed by atoms with Gasteiger partial charge in [-0.2, -0.15) is 5.10 Å². The third-order valence-electron chi connectivity index (χ3n) is 4.80. The number of hydrogen-bond donors (Lipinski definition) is 1. The van der Waals surface area contributed by atoms with Crippen LogP contribution in [-0.2, 0) is 4.74 Å². The van der Waals surface area contributed by atoms with Crippen LogP contribution >= 0.6 is 34.5 Å². The van der Waals surface area contributed by atoms with E-state index in [4.69, 9.17) is 27.9 Å². The van der Waals surface area contributed by atoms with Gasteiger partial charge in [-0.25, -0.2) is 5.43 Å². The summed E-state index contributed by atoms with van der Waals surface area (Å²) in [6.45, 7) is 5.14. The van der Waals surface area contributed by atoms with E-state index < -0.39 is 0 Å². The predicted molar refractivity (Wildman–Crippen MR) is 121 cm³/mol. The fourth-order valence-electron chi connectivity index (χ4n) is 3.20. The van der Waals surface area contributed by atoms with E-state index in [1.807, 2.05) is 31.2 Å². The first-order chi connectivity index (χ1) is 14.0. The van der Waals surface area contributed by atoms with E-state index in [0.717, 1.165) is 42.3 Å². The molecule has 0 atom stereocenters. The highest BCUT2D eigenvalue weighted by atomic mass is 35.5. The molecule has 2 aromatic carbocycles. The van der Waals surface area contributed by atoms with Gasteiger partial charge in [-0.15, -0.1) is 11.3 Å². The van der Waals surface area contributed by atoms with Crippen molar-refractivity contribution < 1.29 is 9.53 Å². The van der Waals surface area contributed by atoms with Gasteiger partial charge in [0.15, 0.2) is 0 Å². The molecule has 0 aliphatic carbocycles. The summed E-state index contributed by atoms with van der Waals surface area (Å²) in [5.74, 6) is -0.350. The fraction of sp³-hybridized carbons (Fsp3) is 0.238. The first-order valence-electron chi connectivity index (χ1n) is 9.19. The maximum absolute atomic E-state index is 12.6. The zero-order valence-corrected chi connectivity index (χ0v) is 18.1. The van der Waals surface area contributed by atoms with Crippen LogP contribution in [-0.4, -0.2) is 37.9 Å². The third-order valence-corrected chi connectivity index (χ3v) is 6.76. The highest BCUT2D eigenvalue weighted by molar-refractivity contribution is 7.21. The van der Waals surface area contributed by atoms with Crippen molar-refractivity contribution in [2.75, 3.05) is 31.2 Å². The van der Waals surface area contributed by atoms with E-state index in [1.165, 1.54) is 11.3 Å². The molecule has 1 N–H and O–H groups in total. The number of anilines is 1. The summed E-state index contributed by atoms with van der Waals surface area (Å²) in [4.78, 5) is 15.3. The van der Waals surface area contributed by atoms with E-state index >= 15 is 0 Å². The van der Waals surface area contributed by atoms with Crippen molar-refractivity contribution in [3.05, 3.63) is 63.0 Å². The van der Waals surface area contributed by atoms with Crippen LogP contribution in [0.1, 0.15) is 22.2 Å². The number of fused-ring (bicyclic) bond motifs is 1. The lowest BCUT2D eigenvalue weighted by Crippen LogP contribution is -2.36. The van der Waals surface area contributed by atoms with Crippen molar-refractivity contribution in [2.24, 2.45) is 5.10 Å². The molecule has 29 heavy (non-hydrogen) atoms. The minimum absolute atomic E-state index is 0.350. The molecule has 0 unspecified atom stereocenters. The van der Waals surface area contributed by atoms with E-state index in [2.05, 4.69) is 27.6 Å². The van der Waals surface area contributed by atoms with Crippen LogP contribution in [0, 0.1) is 0 Å².